The Hall–Kier alpha value is -1.73. The maximum Gasteiger partial charge on any atom is 0.142 e. The molecule has 1 aliphatic rings. The van der Waals surface area contributed by atoms with Gasteiger partial charge in [0, 0.05) is 6.54 Å². The molecule has 0 aliphatic carbocycles. The van der Waals surface area contributed by atoms with E-state index in [4.69, 9.17) is 15.7 Å². The summed E-state index contributed by atoms with van der Waals surface area (Å²) in [5.41, 5.74) is 6.93. The van der Waals surface area contributed by atoms with Gasteiger partial charge in [-0.3, -0.25) is 4.90 Å². The second-order valence-corrected chi connectivity index (χ2v) is 4.62. The molecule has 1 fully saturated rings. The van der Waals surface area contributed by atoms with Gasteiger partial charge in [0.05, 0.1) is 17.3 Å². The van der Waals surface area contributed by atoms with E-state index in [9.17, 15) is 0 Å². The molecule has 4 heteroatoms. The Morgan fingerprint density at radius 1 is 1.28 bits per heavy atom. The van der Waals surface area contributed by atoms with Crippen molar-refractivity contribution in [2.24, 2.45) is 0 Å². The second kappa shape index (κ2) is 6.27. The van der Waals surface area contributed by atoms with E-state index in [-0.39, 0.29) is 0 Å². The maximum absolute atomic E-state index is 8.75. The van der Waals surface area contributed by atoms with E-state index in [1.807, 2.05) is 0 Å². The van der Waals surface area contributed by atoms with Crippen molar-refractivity contribution in [3.63, 3.8) is 0 Å². The minimum atomic E-state index is 0.535. The second-order valence-electron chi connectivity index (χ2n) is 4.62. The van der Waals surface area contributed by atoms with Gasteiger partial charge in [-0.1, -0.05) is 6.42 Å². The zero-order valence-corrected chi connectivity index (χ0v) is 10.6. The van der Waals surface area contributed by atoms with Crippen molar-refractivity contribution in [2.75, 3.05) is 32.0 Å². The Labute approximate surface area is 108 Å². The van der Waals surface area contributed by atoms with E-state index >= 15 is 0 Å². The van der Waals surface area contributed by atoms with Crippen molar-refractivity contribution in [2.45, 2.75) is 19.3 Å². The van der Waals surface area contributed by atoms with Gasteiger partial charge in [-0.05, 0) is 44.1 Å². The highest BCUT2D eigenvalue weighted by Crippen LogP contribution is 2.22. The fourth-order valence-corrected chi connectivity index (χ4v) is 2.22. The number of likely N-dealkylation sites (tertiary alicyclic amines) is 1. The third-order valence-corrected chi connectivity index (χ3v) is 3.25. The van der Waals surface area contributed by atoms with Gasteiger partial charge in [-0.15, -0.1) is 0 Å². The third kappa shape index (κ3) is 3.38. The van der Waals surface area contributed by atoms with Gasteiger partial charge in [0.2, 0.25) is 0 Å². The van der Waals surface area contributed by atoms with Crippen LogP contribution in [0.15, 0.2) is 18.2 Å². The van der Waals surface area contributed by atoms with Crippen LogP contribution in [0.5, 0.6) is 5.75 Å². The lowest BCUT2D eigenvalue weighted by Gasteiger charge is -2.26. The molecule has 0 saturated carbocycles. The number of hydrogen-bond acceptors (Lipinski definition) is 4. The first-order valence-electron chi connectivity index (χ1n) is 6.44. The van der Waals surface area contributed by atoms with Crippen LogP contribution in [-0.4, -0.2) is 31.1 Å². The minimum Gasteiger partial charge on any atom is -0.490 e. The van der Waals surface area contributed by atoms with Crippen molar-refractivity contribution in [1.29, 1.82) is 5.26 Å². The quantitative estimate of drug-likeness (QED) is 0.824. The normalized spacial score (nSPS) is 16.2. The van der Waals surface area contributed by atoms with E-state index < -0.39 is 0 Å². The summed E-state index contributed by atoms with van der Waals surface area (Å²) in [6.07, 6.45) is 3.93. The minimum absolute atomic E-state index is 0.535. The molecule has 1 aromatic rings. The van der Waals surface area contributed by atoms with Gasteiger partial charge in [-0.25, -0.2) is 0 Å². The molecule has 0 radical (unpaired) electrons. The first kappa shape index (κ1) is 12.7. The molecule has 0 unspecified atom stereocenters. The largest absolute Gasteiger partial charge is 0.490 e. The number of ether oxygens (including phenoxy) is 1. The molecule has 18 heavy (non-hydrogen) atoms. The number of hydrogen-bond donors (Lipinski definition) is 1. The SMILES string of the molecule is N#Cc1ccc(OCCN2CCCCC2)c(N)c1. The number of anilines is 1. The predicted octanol–water partition coefficient (Wildman–Crippen LogP) is 2.01. The third-order valence-electron chi connectivity index (χ3n) is 3.25. The van der Waals surface area contributed by atoms with E-state index in [0.717, 1.165) is 6.54 Å². The average Bonchev–Trinajstić information content (AvgIpc) is 2.42. The standard InChI is InChI=1S/C14H19N3O/c15-11-12-4-5-14(13(16)10-12)18-9-8-17-6-2-1-3-7-17/h4-5,10H,1-3,6-9,16H2. The molecule has 0 aromatic heterocycles. The topological polar surface area (TPSA) is 62.3 Å². The smallest absolute Gasteiger partial charge is 0.142 e. The number of benzene rings is 1. The number of rotatable bonds is 4. The Balaban J connectivity index is 1.81. The zero-order valence-electron chi connectivity index (χ0n) is 10.6. The molecule has 96 valence electrons. The molecular formula is C14H19N3O. The highest BCUT2D eigenvalue weighted by Gasteiger charge is 2.10. The molecule has 0 atom stereocenters. The van der Waals surface area contributed by atoms with Crippen LogP contribution in [0.3, 0.4) is 0 Å². The monoisotopic (exact) mass is 245 g/mol. The summed E-state index contributed by atoms with van der Waals surface area (Å²) >= 11 is 0. The van der Waals surface area contributed by atoms with Crippen LogP contribution >= 0.6 is 0 Å². The lowest BCUT2D eigenvalue weighted by Crippen LogP contribution is -2.33. The summed E-state index contributed by atoms with van der Waals surface area (Å²) < 4.78 is 5.66. The molecule has 2 N–H and O–H groups in total. The van der Waals surface area contributed by atoms with Gasteiger partial charge in [0.25, 0.3) is 0 Å². The molecular weight excluding hydrogens is 226 g/mol. The van der Waals surface area contributed by atoms with E-state index in [1.54, 1.807) is 18.2 Å². The molecule has 4 nitrogen and oxygen atoms in total. The first-order valence-corrected chi connectivity index (χ1v) is 6.44. The predicted molar refractivity (Wildman–Crippen MR) is 71.4 cm³/mol. The van der Waals surface area contributed by atoms with Crippen LogP contribution in [-0.2, 0) is 0 Å². The van der Waals surface area contributed by atoms with Gasteiger partial charge in [0.1, 0.15) is 12.4 Å². The molecule has 0 spiro atoms. The number of nitriles is 1. The van der Waals surface area contributed by atoms with Crippen LogP contribution < -0.4 is 10.5 Å². The lowest BCUT2D eigenvalue weighted by atomic mass is 10.1. The molecule has 1 aromatic carbocycles. The first-order chi connectivity index (χ1) is 8.79. The summed E-state index contributed by atoms with van der Waals surface area (Å²) in [7, 11) is 0. The maximum atomic E-state index is 8.75. The van der Waals surface area contributed by atoms with Gasteiger partial charge in [-0.2, -0.15) is 5.26 Å². The Morgan fingerprint density at radius 3 is 2.72 bits per heavy atom. The summed E-state index contributed by atoms with van der Waals surface area (Å²) in [5.74, 6) is 0.672. The highest BCUT2D eigenvalue weighted by molar-refractivity contribution is 5.56. The number of piperidine rings is 1. The number of nitrogen functional groups attached to an aromatic ring is 1. The fourth-order valence-electron chi connectivity index (χ4n) is 2.22. The van der Waals surface area contributed by atoms with Crippen LogP contribution in [0.1, 0.15) is 24.8 Å². The Kier molecular flexibility index (Phi) is 4.43. The van der Waals surface area contributed by atoms with Gasteiger partial charge < -0.3 is 10.5 Å². The van der Waals surface area contributed by atoms with E-state index in [2.05, 4.69) is 11.0 Å². The average molecular weight is 245 g/mol. The molecule has 0 bridgehead atoms. The number of nitrogens with zero attached hydrogens (tertiary/aromatic N) is 2. The fraction of sp³-hybridized carbons (Fsp3) is 0.500. The molecule has 1 saturated heterocycles. The molecule has 0 amide bonds. The highest BCUT2D eigenvalue weighted by atomic mass is 16.5. The van der Waals surface area contributed by atoms with Crippen LogP contribution in [0, 0.1) is 11.3 Å². The van der Waals surface area contributed by atoms with Crippen LogP contribution in [0.4, 0.5) is 5.69 Å². The molecule has 2 rings (SSSR count). The van der Waals surface area contributed by atoms with E-state index in [1.165, 1.54) is 32.4 Å². The Bertz CT molecular complexity index is 433. The van der Waals surface area contributed by atoms with Gasteiger partial charge >= 0.3 is 0 Å². The van der Waals surface area contributed by atoms with Crippen molar-refractivity contribution < 1.29 is 4.74 Å². The summed E-state index contributed by atoms with van der Waals surface area (Å²) in [4.78, 5) is 2.42. The zero-order chi connectivity index (χ0) is 12.8. The van der Waals surface area contributed by atoms with Gasteiger partial charge in [0.15, 0.2) is 0 Å². The molecule has 1 heterocycles. The van der Waals surface area contributed by atoms with Crippen molar-refractivity contribution in [3.05, 3.63) is 23.8 Å². The summed E-state index contributed by atoms with van der Waals surface area (Å²) in [6.45, 7) is 3.94. The Morgan fingerprint density at radius 2 is 2.06 bits per heavy atom. The number of nitrogens with two attached hydrogens (primary N) is 1. The van der Waals surface area contributed by atoms with Crippen LogP contribution in [0.2, 0.25) is 0 Å². The van der Waals surface area contributed by atoms with Crippen molar-refractivity contribution in [3.8, 4) is 11.8 Å². The summed E-state index contributed by atoms with van der Waals surface area (Å²) in [5, 5.41) is 8.75. The lowest BCUT2D eigenvalue weighted by molar-refractivity contribution is 0.184. The summed E-state index contributed by atoms with van der Waals surface area (Å²) in [6, 6.07) is 7.20. The van der Waals surface area contributed by atoms with Crippen molar-refractivity contribution in [1.82, 2.24) is 4.90 Å². The van der Waals surface area contributed by atoms with E-state index in [0.29, 0.717) is 23.6 Å². The molecule has 1 aliphatic heterocycles. The van der Waals surface area contributed by atoms with Crippen LogP contribution in [0.25, 0.3) is 0 Å². The van der Waals surface area contributed by atoms with Crippen molar-refractivity contribution >= 4 is 5.69 Å².